The van der Waals surface area contributed by atoms with E-state index in [2.05, 4.69) is 12.2 Å². The van der Waals surface area contributed by atoms with E-state index in [4.69, 9.17) is 19.5 Å². The van der Waals surface area contributed by atoms with Crippen LogP contribution in [0.2, 0.25) is 0 Å². The molecule has 1 aromatic carbocycles. The van der Waals surface area contributed by atoms with Gasteiger partial charge in [0.25, 0.3) is 0 Å². The molecule has 2 atom stereocenters. The molecule has 1 fully saturated rings. The second kappa shape index (κ2) is 6.90. The molecule has 114 valence electrons. The maximum absolute atomic E-state index is 8.47. The van der Waals surface area contributed by atoms with Crippen LogP contribution in [0.3, 0.4) is 0 Å². The van der Waals surface area contributed by atoms with Crippen LogP contribution in [0.15, 0.2) is 24.3 Å². The molecule has 21 heavy (non-hydrogen) atoms. The van der Waals surface area contributed by atoms with E-state index in [1.54, 1.807) is 0 Å². The zero-order valence-corrected chi connectivity index (χ0v) is 12.8. The molecule has 0 aliphatic carbocycles. The highest BCUT2D eigenvalue weighted by Gasteiger charge is 2.32. The van der Waals surface area contributed by atoms with Crippen molar-refractivity contribution in [2.75, 3.05) is 19.8 Å². The van der Waals surface area contributed by atoms with Gasteiger partial charge in [0.05, 0.1) is 12.7 Å². The third-order valence-corrected chi connectivity index (χ3v) is 3.40. The van der Waals surface area contributed by atoms with Gasteiger partial charge in [-0.3, -0.25) is 0 Å². The quantitative estimate of drug-likeness (QED) is 0.871. The van der Waals surface area contributed by atoms with E-state index in [9.17, 15) is 0 Å². The molecule has 0 radical (unpaired) electrons. The highest BCUT2D eigenvalue weighted by Crippen LogP contribution is 2.23. The number of nitrogens with zero attached hydrogens (tertiary/aromatic N) is 1. The Morgan fingerprint density at radius 3 is 2.71 bits per heavy atom. The number of nitriles is 1. The molecule has 1 N–H and O–H groups in total. The van der Waals surface area contributed by atoms with Crippen LogP contribution in [0.25, 0.3) is 0 Å². The number of hydrogen-bond acceptors (Lipinski definition) is 5. The van der Waals surface area contributed by atoms with Crippen LogP contribution in [0.4, 0.5) is 0 Å². The minimum atomic E-state index is -0.477. The molecule has 5 nitrogen and oxygen atoms in total. The second-order valence-electron chi connectivity index (χ2n) is 5.60. The monoisotopic (exact) mass is 290 g/mol. The van der Waals surface area contributed by atoms with Crippen LogP contribution < -0.4 is 10.1 Å². The second-order valence-corrected chi connectivity index (χ2v) is 5.60. The Hall–Kier alpha value is -1.61. The van der Waals surface area contributed by atoms with Crippen LogP contribution in [-0.2, 0) is 9.47 Å². The zero-order chi connectivity index (χ0) is 15.3. The zero-order valence-electron chi connectivity index (χ0n) is 12.8. The van der Waals surface area contributed by atoms with Gasteiger partial charge in [0, 0.05) is 12.6 Å². The molecular formula is C16H22N2O3. The molecule has 1 saturated heterocycles. The van der Waals surface area contributed by atoms with E-state index in [1.165, 1.54) is 0 Å². The number of hydrogen-bond donors (Lipinski definition) is 1. The summed E-state index contributed by atoms with van der Waals surface area (Å²) in [6.45, 7) is 7.39. The predicted molar refractivity (Wildman–Crippen MR) is 78.9 cm³/mol. The third-order valence-electron chi connectivity index (χ3n) is 3.40. The number of rotatable bonds is 6. The van der Waals surface area contributed by atoms with Crippen molar-refractivity contribution in [1.29, 1.82) is 5.26 Å². The summed E-state index contributed by atoms with van der Waals surface area (Å²) in [4.78, 5) is 0. The van der Waals surface area contributed by atoms with Gasteiger partial charge in [-0.25, -0.2) is 0 Å². The molecule has 1 aliphatic heterocycles. The van der Waals surface area contributed by atoms with Gasteiger partial charge in [0.15, 0.2) is 12.4 Å². The number of ether oxygens (including phenoxy) is 3. The Morgan fingerprint density at radius 2 is 2.14 bits per heavy atom. The molecule has 0 aromatic heterocycles. The van der Waals surface area contributed by atoms with Crippen LogP contribution in [-0.4, -0.2) is 31.6 Å². The topological polar surface area (TPSA) is 63.5 Å². The molecule has 0 saturated carbocycles. The first-order valence-electron chi connectivity index (χ1n) is 7.15. The Bertz CT molecular complexity index is 493. The van der Waals surface area contributed by atoms with E-state index in [0.717, 1.165) is 12.1 Å². The Balaban J connectivity index is 1.80. The van der Waals surface area contributed by atoms with Crippen LogP contribution in [0.5, 0.6) is 5.75 Å². The molecule has 2 unspecified atom stereocenters. The molecule has 0 spiro atoms. The summed E-state index contributed by atoms with van der Waals surface area (Å²) in [5.41, 5.74) is 1.16. The van der Waals surface area contributed by atoms with Gasteiger partial charge in [-0.05, 0) is 38.5 Å². The fourth-order valence-corrected chi connectivity index (χ4v) is 2.26. The van der Waals surface area contributed by atoms with E-state index < -0.39 is 5.79 Å². The number of benzene rings is 1. The number of nitrogens with one attached hydrogen (secondary N) is 1. The Kier molecular flexibility index (Phi) is 5.18. The van der Waals surface area contributed by atoms with E-state index in [0.29, 0.717) is 12.4 Å². The SMILES string of the molecule is CC(NCC1COC(C)(C)O1)c1ccc(OCC#N)cc1. The summed E-state index contributed by atoms with van der Waals surface area (Å²) in [5, 5.41) is 11.9. The van der Waals surface area contributed by atoms with Gasteiger partial charge >= 0.3 is 0 Å². The van der Waals surface area contributed by atoms with Crippen molar-refractivity contribution in [3.63, 3.8) is 0 Å². The van der Waals surface area contributed by atoms with Gasteiger partial charge in [-0.15, -0.1) is 0 Å². The van der Waals surface area contributed by atoms with Crippen molar-refractivity contribution < 1.29 is 14.2 Å². The molecule has 5 heteroatoms. The molecule has 1 aliphatic rings. The van der Waals surface area contributed by atoms with Crippen molar-refractivity contribution in [3.8, 4) is 11.8 Å². The van der Waals surface area contributed by atoms with Crippen molar-refractivity contribution in [2.24, 2.45) is 0 Å². The highest BCUT2D eigenvalue weighted by molar-refractivity contribution is 5.29. The Labute approximate surface area is 125 Å². The third kappa shape index (κ3) is 4.71. The van der Waals surface area contributed by atoms with Gasteiger partial charge in [0.2, 0.25) is 0 Å². The first-order valence-corrected chi connectivity index (χ1v) is 7.15. The fraction of sp³-hybridized carbons (Fsp3) is 0.562. The fourth-order valence-electron chi connectivity index (χ4n) is 2.26. The summed E-state index contributed by atoms with van der Waals surface area (Å²) in [6.07, 6.45) is 0.0840. The first-order chi connectivity index (χ1) is 10.00. The summed E-state index contributed by atoms with van der Waals surface area (Å²) in [5.74, 6) is 0.233. The largest absolute Gasteiger partial charge is 0.479 e. The van der Waals surface area contributed by atoms with Gasteiger partial charge in [-0.1, -0.05) is 12.1 Å². The standard InChI is InChI=1S/C16H22N2O3/c1-12(18-10-15-11-20-16(2,3)21-15)13-4-6-14(7-5-13)19-9-8-17/h4-7,12,15,18H,9-11H2,1-3H3. The summed E-state index contributed by atoms with van der Waals surface area (Å²) in [7, 11) is 0. The lowest BCUT2D eigenvalue weighted by atomic mass is 10.1. The average Bonchev–Trinajstić information content (AvgIpc) is 2.82. The molecule has 2 rings (SSSR count). The van der Waals surface area contributed by atoms with Crippen LogP contribution in [0.1, 0.15) is 32.4 Å². The minimum Gasteiger partial charge on any atom is -0.479 e. The normalized spacial score (nSPS) is 21.7. The maximum Gasteiger partial charge on any atom is 0.174 e. The van der Waals surface area contributed by atoms with Gasteiger partial charge in [-0.2, -0.15) is 5.26 Å². The summed E-state index contributed by atoms with van der Waals surface area (Å²) >= 11 is 0. The van der Waals surface area contributed by atoms with Crippen molar-refractivity contribution in [1.82, 2.24) is 5.32 Å². The van der Waals surface area contributed by atoms with Crippen LogP contribution in [0, 0.1) is 11.3 Å². The van der Waals surface area contributed by atoms with Crippen molar-refractivity contribution in [3.05, 3.63) is 29.8 Å². The molecule has 0 amide bonds. The van der Waals surface area contributed by atoms with E-state index in [-0.39, 0.29) is 18.8 Å². The van der Waals surface area contributed by atoms with Gasteiger partial charge in [0.1, 0.15) is 11.8 Å². The average molecular weight is 290 g/mol. The lowest BCUT2D eigenvalue weighted by Gasteiger charge is -2.19. The van der Waals surface area contributed by atoms with E-state index in [1.807, 2.05) is 44.2 Å². The minimum absolute atomic E-state index is 0.0714. The van der Waals surface area contributed by atoms with Crippen LogP contribution >= 0.6 is 0 Å². The predicted octanol–water partition coefficient (Wildman–Crippen LogP) is 2.39. The molecule has 1 aromatic rings. The lowest BCUT2D eigenvalue weighted by Crippen LogP contribution is -2.32. The summed E-state index contributed by atoms with van der Waals surface area (Å²) in [6, 6.07) is 9.92. The van der Waals surface area contributed by atoms with E-state index >= 15 is 0 Å². The lowest BCUT2D eigenvalue weighted by molar-refractivity contribution is -0.137. The van der Waals surface area contributed by atoms with Gasteiger partial charge < -0.3 is 19.5 Å². The smallest absolute Gasteiger partial charge is 0.174 e. The summed E-state index contributed by atoms with van der Waals surface area (Å²) < 4.78 is 16.5. The molecule has 0 bridgehead atoms. The first kappa shape index (κ1) is 15.8. The Morgan fingerprint density at radius 1 is 1.43 bits per heavy atom. The molecular weight excluding hydrogens is 268 g/mol. The highest BCUT2D eigenvalue weighted by atomic mass is 16.7. The molecule has 1 heterocycles. The maximum atomic E-state index is 8.47. The van der Waals surface area contributed by atoms with Crippen molar-refractivity contribution >= 4 is 0 Å². The van der Waals surface area contributed by atoms with Crippen molar-refractivity contribution in [2.45, 2.75) is 38.7 Å².